The molecular weight excluding hydrogens is 220 g/mol. The summed E-state index contributed by atoms with van der Waals surface area (Å²) in [5.41, 5.74) is 0.0654. The van der Waals surface area contributed by atoms with Crippen LogP contribution in [0.5, 0.6) is 0 Å². The monoisotopic (exact) mass is 236 g/mol. The van der Waals surface area contributed by atoms with Crippen molar-refractivity contribution >= 4 is 11.8 Å². The molecule has 1 heterocycles. The van der Waals surface area contributed by atoms with E-state index in [4.69, 9.17) is 9.84 Å². The van der Waals surface area contributed by atoms with Gasteiger partial charge in [0.05, 0.1) is 6.10 Å². The number of carbonyl (C=O) groups is 1. The van der Waals surface area contributed by atoms with E-state index in [-0.39, 0.29) is 5.69 Å². The number of anilines is 1. The Bertz CT molecular complexity index is 402. The Morgan fingerprint density at radius 3 is 3.00 bits per heavy atom. The normalized spacial score (nSPS) is 22.9. The minimum Gasteiger partial charge on any atom is -0.477 e. The van der Waals surface area contributed by atoms with Crippen LogP contribution in [0.1, 0.15) is 30.3 Å². The van der Waals surface area contributed by atoms with Crippen LogP contribution in [0.2, 0.25) is 0 Å². The number of hydrogen-bond donors (Lipinski definition) is 2. The van der Waals surface area contributed by atoms with Crippen molar-refractivity contribution in [3.05, 3.63) is 23.9 Å². The van der Waals surface area contributed by atoms with Gasteiger partial charge in [0.25, 0.3) is 0 Å². The van der Waals surface area contributed by atoms with Crippen LogP contribution in [0.15, 0.2) is 18.2 Å². The molecule has 1 fully saturated rings. The first-order valence-electron chi connectivity index (χ1n) is 5.77. The molecule has 2 N–H and O–H groups in total. The number of nitrogens with one attached hydrogen (secondary N) is 1. The lowest BCUT2D eigenvalue weighted by atomic mass is 9.89. The third kappa shape index (κ3) is 2.94. The summed E-state index contributed by atoms with van der Waals surface area (Å²) in [4.78, 5) is 14.8. The van der Waals surface area contributed by atoms with E-state index in [1.54, 1.807) is 12.1 Å². The molecule has 0 spiro atoms. The van der Waals surface area contributed by atoms with E-state index in [0.717, 1.165) is 19.4 Å². The molecule has 0 bridgehead atoms. The molecule has 17 heavy (non-hydrogen) atoms. The maximum Gasteiger partial charge on any atom is 0.354 e. The first-order chi connectivity index (χ1) is 8.19. The standard InChI is InChI=1S/C12H16N2O3/c1-2-17-9-6-8(7-9)13-11-5-3-4-10(14-11)12(15)16/h3-5,8-9H,2,6-7H2,1H3,(H,13,14)(H,15,16). The predicted molar refractivity (Wildman–Crippen MR) is 63.3 cm³/mol. The van der Waals surface area contributed by atoms with Crippen LogP contribution in [-0.2, 0) is 4.74 Å². The van der Waals surface area contributed by atoms with Gasteiger partial charge in [-0.1, -0.05) is 6.07 Å². The van der Waals surface area contributed by atoms with Crippen molar-refractivity contribution in [2.75, 3.05) is 11.9 Å². The minimum absolute atomic E-state index is 0.0654. The fourth-order valence-electron chi connectivity index (χ4n) is 1.90. The van der Waals surface area contributed by atoms with Crippen molar-refractivity contribution in [1.29, 1.82) is 0 Å². The highest BCUT2D eigenvalue weighted by atomic mass is 16.5. The first kappa shape index (κ1) is 11.9. The van der Waals surface area contributed by atoms with Gasteiger partial charge in [0.2, 0.25) is 0 Å². The molecule has 1 saturated carbocycles. The van der Waals surface area contributed by atoms with Crippen LogP contribution < -0.4 is 5.32 Å². The smallest absolute Gasteiger partial charge is 0.354 e. The highest BCUT2D eigenvalue weighted by Gasteiger charge is 2.29. The Hall–Kier alpha value is -1.62. The van der Waals surface area contributed by atoms with E-state index in [2.05, 4.69) is 10.3 Å². The predicted octanol–water partition coefficient (Wildman–Crippen LogP) is 1.76. The average molecular weight is 236 g/mol. The highest BCUT2D eigenvalue weighted by Crippen LogP contribution is 2.26. The van der Waals surface area contributed by atoms with Crippen molar-refractivity contribution in [1.82, 2.24) is 4.98 Å². The highest BCUT2D eigenvalue weighted by molar-refractivity contribution is 5.85. The molecular formula is C12H16N2O3. The maximum absolute atomic E-state index is 10.7. The summed E-state index contributed by atoms with van der Waals surface area (Å²) in [6.07, 6.45) is 2.24. The van der Waals surface area contributed by atoms with Gasteiger partial charge in [0.15, 0.2) is 5.69 Å². The van der Waals surface area contributed by atoms with E-state index in [0.29, 0.717) is 18.0 Å². The summed E-state index contributed by atoms with van der Waals surface area (Å²) in [6.45, 7) is 2.72. The van der Waals surface area contributed by atoms with Crippen LogP contribution >= 0.6 is 0 Å². The van der Waals surface area contributed by atoms with Crippen molar-refractivity contribution in [3.63, 3.8) is 0 Å². The molecule has 92 valence electrons. The largest absolute Gasteiger partial charge is 0.477 e. The van der Waals surface area contributed by atoms with Gasteiger partial charge in [-0.2, -0.15) is 0 Å². The molecule has 1 aromatic rings. The second-order valence-corrected chi connectivity index (χ2v) is 4.10. The lowest BCUT2D eigenvalue weighted by molar-refractivity contribution is 0.00291. The number of pyridine rings is 1. The summed E-state index contributed by atoms with van der Waals surface area (Å²) in [7, 11) is 0. The molecule has 0 aliphatic heterocycles. The van der Waals surface area contributed by atoms with Crippen LogP contribution in [0.25, 0.3) is 0 Å². The fourth-order valence-corrected chi connectivity index (χ4v) is 1.90. The molecule has 2 rings (SSSR count). The van der Waals surface area contributed by atoms with Crippen LogP contribution in [0.3, 0.4) is 0 Å². The average Bonchev–Trinajstić information content (AvgIpc) is 2.27. The molecule has 0 saturated heterocycles. The van der Waals surface area contributed by atoms with E-state index in [9.17, 15) is 4.79 Å². The Kier molecular flexibility index (Phi) is 3.58. The van der Waals surface area contributed by atoms with Gasteiger partial charge in [0.1, 0.15) is 5.82 Å². The van der Waals surface area contributed by atoms with Crippen LogP contribution in [0, 0.1) is 0 Å². The molecule has 1 aliphatic rings. The van der Waals surface area contributed by atoms with E-state index in [1.807, 2.05) is 6.92 Å². The number of aromatic carboxylic acids is 1. The maximum atomic E-state index is 10.7. The van der Waals surface area contributed by atoms with Crippen molar-refractivity contribution < 1.29 is 14.6 Å². The van der Waals surface area contributed by atoms with Gasteiger partial charge in [-0.05, 0) is 31.9 Å². The van der Waals surface area contributed by atoms with E-state index in [1.165, 1.54) is 6.07 Å². The van der Waals surface area contributed by atoms with Gasteiger partial charge in [-0.15, -0.1) is 0 Å². The number of carboxylic acid groups (broad SMARTS) is 1. The van der Waals surface area contributed by atoms with Crippen molar-refractivity contribution in [3.8, 4) is 0 Å². The van der Waals surface area contributed by atoms with Crippen LogP contribution in [-0.4, -0.2) is 34.8 Å². The summed E-state index contributed by atoms with van der Waals surface area (Å²) >= 11 is 0. The molecule has 0 unspecified atom stereocenters. The summed E-state index contributed by atoms with van der Waals surface area (Å²) < 4.78 is 5.45. The zero-order chi connectivity index (χ0) is 12.3. The zero-order valence-corrected chi connectivity index (χ0v) is 9.72. The van der Waals surface area contributed by atoms with Gasteiger partial charge in [0, 0.05) is 12.6 Å². The summed E-state index contributed by atoms with van der Waals surface area (Å²) in [5.74, 6) is -0.390. The Balaban J connectivity index is 1.88. The third-order valence-corrected chi connectivity index (χ3v) is 2.82. The zero-order valence-electron chi connectivity index (χ0n) is 9.72. The molecule has 5 heteroatoms. The summed E-state index contributed by atoms with van der Waals surface area (Å²) in [5, 5.41) is 12.0. The molecule has 0 amide bonds. The van der Waals surface area contributed by atoms with E-state index >= 15 is 0 Å². The molecule has 0 radical (unpaired) electrons. The molecule has 0 aromatic carbocycles. The van der Waals surface area contributed by atoms with Gasteiger partial charge >= 0.3 is 5.97 Å². The second kappa shape index (κ2) is 5.14. The SMILES string of the molecule is CCOC1CC(Nc2cccc(C(=O)O)n2)C1. The Labute approximate surface area is 99.8 Å². The van der Waals surface area contributed by atoms with Gasteiger partial charge < -0.3 is 15.2 Å². The first-order valence-corrected chi connectivity index (χ1v) is 5.77. The lowest BCUT2D eigenvalue weighted by Crippen LogP contribution is -2.41. The fraction of sp³-hybridized carbons (Fsp3) is 0.500. The second-order valence-electron chi connectivity index (χ2n) is 4.10. The molecule has 1 aliphatic carbocycles. The van der Waals surface area contributed by atoms with E-state index < -0.39 is 5.97 Å². The minimum atomic E-state index is -1.01. The lowest BCUT2D eigenvalue weighted by Gasteiger charge is -2.35. The summed E-state index contributed by atoms with van der Waals surface area (Å²) in [6, 6.07) is 5.29. The molecule has 0 atom stereocenters. The number of aromatic nitrogens is 1. The number of nitrogens with zero attached hydrogens (tertiary/aromatic N) is 1. The van der Waals surface area contributed by atoms with Gasteiger partial charge in [-0.3, -0.25) is 0 Å². The van der Waals surface area contributed by atoms with Crippen molar-refractivity contribution in [2.45, 2.75) is 31.9 Å². The number of rotatable bonds is 5. The number of hydrogen-bond acceptors (Lipinski definition) is 4. The molecule has 5 nitrogen and oxygen atoms in total. The Morgan fingerprint density at radius 2 is 2.35 bits per heavy atom. The van der Waals surface area contributed by atoms with Crippen LogP contribution in [0.4, 0.5) is 5.82 Å². The Morgan fingerprint density at radius 1 is 1.59 bits per heavy atom. The number of ether oxygens (including phenoxy) is 1. The van der Waals surface area contributed by atoms with Gasteiger partial charge in [-0.25, -0.2) is 9.78 Å². The van der Waals surface area contributed by atoms with Crippen molar-refractivity contribution in [2.24, 2.45) is 0 Å². The topological polar surface area (TPSA) is 71.5 Å². The third-order valence-electron chi connectivity index (χ3n) is 2.82. The number of carboxylic acids is 1. The quantitative estimate of drug-likeness (QED) is 0.815. The molecule has 1 aromatic heterocycles.